The molecule has 0 bridgehead atoms. The molecule has 38 heavy (non-hydrogen) atoms. The van der Waals surface area contributed by atoms with E-state index in [2.05, 4.69) is 22.4 Å². The van der Waals surface area contributed by atoms with E-state index in [1.54, 1.807) is 12.1 Å². The summed E-state index contributed by atoms with van der Waals surface area (Å²) in [7, 11) is -1.57. The number of benzene rings is 2. The first-order chi connectivity index (χ1) is 17.8. The Morgan fingerprint density at radius 2 is 1.89 bits per heavy atom. The Kier molecular flexibility index (Phi) is 8.59. The van der Waals surface area contributed by atoms with E-state index in [1.165, 1.54) is 23.7 Å². The average Bonchev–Trinajstić information content (AvgIpc) is 3.38. The van der Waals surface area contributed by atoms with Crippen LogP contribution in [0.25, 0.3) is 0 Å². The van der Waals surface area contributed by atoms with Crippen molar-refractivity contribution in [2.45, 2.75) is 51.9 Å². The second kappa shape index (κ2) is 11.3. The van der Waals surface area contributed by atoms with E-state index in [-0.39, 0.29) is 15.9 Å². The van der Waals surface area contributed by atoms with Gasteiger partial charge in [-0.3, -0.25) is 4.79 Å². The maximum atomic E-state index is 11.1. The normalized spacial score (nSPS) is 13.8. The van der Waals surface area contributed by atoms with Crippen LogP contribution in [-0.4, -0.2) is 43.5 Å². The fourth-order valence-electron chi connectivity index (χ4n) is 3.44. The highest BCUT2D eigenvalue weighted by Crippen LogP contribution is 2.39. The number of nitrogens with zero attached hydrogens (tertiary/aromatic N) is 4. The smallest absolute Gasteiger partial charge is 0.266 e. The summed E-state index contributed by atoms with van der Waals surface area (Å²) in [5, 5.41) is 10.1. The van der Waals surface area contributed by atoms with Gasteiger partial charge in [-0.25, -0.2) is 18.1 Å². The minimum absolute atomic E-state index is 0.0648. The Bertz CT molecular complexity index is 1530. The van der Waals surface area contributed by atoms with Gasteiger partial charge in [0.1, 0.15) is 22.3 Å². The van der Waals surface area contributed by atoms with E-state index >= 15 is 0 Å². The Morgan fingerprint density at radius 3 is 2.50 bits per heavy atom. The zero-order chi connectivity index (χ0) is 28.3. The van der Waals surface area contributed by atoms with Gasteiger partial charge in [-0.1, -0.05) is 32.9 Å². The van der Waals surface area contributed by atoms with Gasteiger partial charge in [0.2, 0.25) is 5.06 Å². The van der Waals surface area contributed by atoms with Crippen LogP contribution in [-0.2, 0) is 15.4 Å². The summed E-state index contributed by atoms with van der Waals surface area (Å²) < 4.78 is 34.7. The highest BCUT2D eigenvalue weighted by molar-refractivity contribution is 7.90. The monoisotopic (exact) mass is 553 g/mol. The first-order valence-corrected chi connectivity index (χ1v) is 14.1. The number of sulfonamides is 1. The van der Waals surface area contributed by atoms with Crippen LogP contribution in [0, 0.1) is 25.2 Å². The van der Waals surface area contributed by atoms with Crippen LogP contribution < -0.4 is 9.46 Å². The number of amides is 1. The number of carbonyl (C=O) groups excluding carboxylic acids is 1. The van der Waals surface area contributed by atoms with E-state index in [9.17, 15) is 18.5 Å². The highest BCUT2D eigenvalue weighted by Gasteiger charge is 2.31. The highest BCUT2D eigenvalue weighted by atomic mass is 32.2. The Labute approximate surface area is 228 Å². The van der Waals surface area contributed by atoms with Crippen molar-refractivity contribution in [3.8, 4) is 16.9 Å². The Hall–Kier alpha value is -3.75. The minimum atomic E-state index is -3.55. The molecule has 200 valence electrons. The van der Waals surface area contributed by atoms with Gasteiger partial charge in [-0.2, -0.15) is 9.64 Å². The molecule has 4 rings (SSSR count). The second-order valence-corrected chi connectivity index (χ2v) is 12.2. The summed E-state index contributed by atoms with van der Waals surface area (Å²) in [5.41, 5.74) is 4.22. The van der Waals surface area contributed by atoms with Crippen LogP contribution in [0.4, 0.5) is 5.69 Å². The SMILES string of the molecule is CCN(C)C=Nc1cc(C)c(Oc2snc(C(C)(C)C)c2C#N)cc1C.O=C1NS(=O)(=O)c2ccccc21. The molecule has 0 atom stereocenters. The molecule has 1 amide bonds. The number of ether oxygens (including phenoxy) is 1. The topological polar surface area (TPSA) is 125 Å². The fourth-order valence-corrected chi connectivity index (χ4v) is 5.51. The molecule has 0 saturated heterocycles. The molecule has 0 saturated carbocycles. The molecule has 0 unspecified atom stereocenters. The summed E-state index contributed by atoms with van der Waals surface area (Å²) in [5.74, 6) is 0.177. The molecule has 9 nitrogen and oxygen atoms in total. The van der Waals surface area contributed by atoms with Gasteiger partial charge in [-0.05, 0) is 56.2 Å². The molecule has 0 fully saturated rings. The molecule has 0 spiro atoms. The van der Waals surface area contributed by atoms with Crippen LogP contribution >= 0.6 is 11.5 Å². The van der Waals surface area contributed by atoms with Crippen LogP contribution in [0.15, 0.2) is 46.3 Å². The molecule has 0 aliphatic carbocycles. The lowest BCUT2D eigenvalue weighted by atomic mass is 9.90. The van der Waals surface area contributed by atoms with Gasteiger partial charge in [0, 0.05) is 30.5 Å². The van der Waals surface area contributed by atoms with Gasteiger partial charge in [0.15, 0.2) is 0 Å². The first-order valence-electron chi connectivity index (χ1n) is 11.9. The van der Waals surface area contributed by atoms with E-state index in [4.69, 9.17) is 4.74 Å². The van der Waals surface area contributed by atoms with Gasteiger partial charge in [0.05, 0.1) is 23.3 Å². The van der Waals surface area contributed by atoms with Crippen molar-refractivity contribution in [3.63, 3.8) is 0 Å². The third-order valence-electron chi connectivity index (χ3n) is 5.72. The number of nitrogens with one attached hydrogen (secondary N) is 1. The average molecular weight is 554 g/mol. The predicted octanol–water partition coefficient (Wildman–Crippen LogP) is 5.45. The number of aryl methyl sites for hydroxylation is 2. The number of hydrogen-bond donors (Lipinski definition) is 1. The molecule has 0 radical (unpaired) electrons. The number of aromatic nitrogens is 1. The third-order valence-corrected chi connectivity index (χ3v) is 7.84. The fraction of sp³-hybridized carbons (Fsp3) is 0.333. The van der Waals surface area contributed by atoms with Crippen molar-refractivity contribution in [1.82, 2.24) is 14.0 Å². The maximum absolute atomic E-state index is 11.1. The van der Waals surface area contributed by atoms with Gasteiger partial charge < -0.3 is 9.64 Å². The van der Waals surface area contributed by atoms with Gasteiger partial charge in [0.25, 0.3) is 15.9 Å². The zero-order valence-corrected chi connectivity index (χ0v) is 24.1. The minimum Gasteiger partial charge on any atom is -0.443 e. The molecule has 1 aliphatic heterocycles. The number of carbonyl (C=O) groups is 1. The lowest BCUT2D eigenvalue weighted by Gasteiger charge is -2.15. The molecular weight excluding hydrogens is 522 g/mol. The predicted molar refractivity (Wildman–Crippen MR) is 149 cm³/mol. The number of fused-ring (bicyclic) bond motifs is 1. The number of nitriles is 1. The van der Waals surface area contributed by atoms with Crippen molar-refractivity contribution in [1.29, 1.82) is 5.26 Å². The third kappa shape index (κ3) is 6.38. The van der Waals surface area contributed by atoms with Crippen molar-refractivity contribution >= 4 is 39.5 Å². The van der Waals surface area contributed by atoms with Crippen LogP contribution in [0.2, 0.25) is 0 Å². The van der Waals surface area contributed by atoms with Gasteiger partial charge in [-0.15, -0.1) is 0 Å². The summed E-state index contributed by atoms with van der Waals surface area (Å²) in [4.78, 5) is 17.6. The summed E-state index contributed by atoms with van der Waals surface area (Å²) in [6.45, 7) is 13.1. The Morgan fingerprint density at radius 1 is 1.21 bits per heavy atom. The summed E-state index contributed by atoms with van der Waals surface area (Å²) in [6.07, 6.45) is 1.83. The molecule has 2 aromatic carbocycles. The van der Waals surface area contributed by atoms with Gasteiger partial charge >= 0.3 is 0 Å². The maximum Gasteiger partial charge on any atom is 0.266 e. The first kappa shape index (κ1) is 28.8. The van der Waals surface area contributed by atoms with Crippen LogP contribution in [0.1, 0.15) is 60.4 Å². The number of rotatable bonds is 5. The summed E-state index contributed by atoms with van der Waals surface area (Å²) >= 11 is 1.23. The van der Waals surface area contributed by atoms with Crippen LogP contribution in [0.3, 0.4) is 0 Å². The number of aliphatic imine (C=N–C) groups is 1. The molecule has 3 aromatic rings. The van der Waals surface area contributed by atoms with Crippen molar-refractivity contribution in [2.24, 2.45) is 4.99 Å². The molecule has 1 aliphatic rings. The number of hydrogen-bond acceptors (Lipinski definition) is 8. The standard InChI is InChI=1S/C20H26N4OS.C7H5NO3S/c1-8-24(7)12-22-16-9-14(3)17(10-13(16)2)25-19-15(11-21)18(23-26-19)20(4,5)6;9-7-5-3-1-2-4-6(5)12(10,11)8-7/h9-10,12H,8H2,1-7H3;1-4H,(H,8,9). The largest absolute Gasteiger partial charge is 0.443 e. The molecular formula is C27H31N5O4S2. The van der Waals surface area contributed by atoms with E-state index in [0.717, 1.165) is 34.8 Å². The molecule has 1 aromatic heterocycles. The van der Waals surface area contributed by atoms with Crippen molar-refractivity contribution in [2.75, 3.05) is 13.6 Å². The molecule has 1 N–H and O–H groups in total. The molecule has 2 heterocycles. The van der Waals surface area contributed by atoms with E-state index < -0.39 is 15.9 Å². The quantitative estimate of drug-likeness (QED) is 0.329. The van der Waals surface area contributed by atoms with Crippen LogP contribution in [0.5, 0.6) is 10.8 Å². The molecule has 11 heteroatoms. The zero-order valence-electron chi connectivity index (χ0n) is 22.5. The Balaban J connectivity index is 0.000000275. The second-order valence-electron chi connectivity index (χ2n) is 9.81. The van der Waals surface area contributed by atoms with Crippen molar-refractivity contribution < 1.29 is 17.9 Å². The van der Waals surface area contributed by atoms with Crippen molar-refractivity contribution in [3.05, 3.63) is 64.3 Å². The lowest BCUT2D eigenvalue weighted by molar-refractivity contribution is 0.0985. The van der Waals surface area contributed by atoms with E-state index in [0.29, 0.717) is 10.6 Å². The lowest BCUT2D eigenvalue weighted by Crippen LogP contribution is -2.20. The van der Waals surface area contributed by atoms with E-state index in [1.807, 2.05) is 69.8 Å². The summed E-state index contributed by atoms with van der Waals surface area (Å²) in [6, 6.07) is 12.3.